The molecule has 0 unspecified atom stereocenters. The summed E-state index contributed by atoms with van der Waals surface area (Å²) in [6.07, 6.45) is 0. The Hall–Kier alpha value is -2.21. The highest BCUT2D eigenvalue weighted by atomic mass is 32.1. The number of hydrogen-bond acceptors (Lipinski definition) is 4. The third kappa shape index (κ3) is 2.10. The largest absolute Gasteiger partial charge is 0.349 e. The fourth-order valence-corrected chi connectivity index (χ4v) is 2.72. The van der Waals surface area contributed by atoms with Crippen molar-refractivity contribution < 1.29 is 0 Å². The number of thiophene rings is 1. The maximum atomic E-state index is 12.0. The molecule has 0 amide bonds. The van der Waals surface area contributed by atoms with Gasteiger partial charge in [0.1, 0.15) is 5.82 Å². The molecule has 0 spiro atoms. The molecule has 19 heavy (non-hydrogen) atoms. The smallest absolute Gasteiger partial charge is 0.246 e. The number of aryl methyl sites for hydroxylation is 2. The first-order valence-electron chi connectivity index (χ1n) is 5.82. The van der Waals surface area contributed by atoms with Crippen molar-refractivity contribution in [2.75, 3.05) is 0 Å². The monoisotopic (exact) mass is 272 g/mol. The van der Waals surface area contributed by atoms with E-state index in [1.807, 2.05) is 43.5 Å². The molecule has 0 fully saturated rings. The number of rotatable bonds is 2. The van der Waals surface area contributed by atoms with Gasteiger partial charge in [-0.3, -0.25) is 0 Å². The van der Waals surface area contributed by atoms with E-state index in [0.717, 1.165) is 16.1 Å². The second kappa shape index (κ2) is 4.47. The predicted octanol–water partition coefficient (Wildman–Crippen LogP) is 2.30. The summed E-state index contributed by atoms with van der Waals surface area (Å²) >= 11 is 1.54. The Morgan fingerprint density at radius 3 is 2.84 bits per heavy atom. The van der Waals surface area contributed by atoms with Crippen LogP contribution >= 0.6 is 11.3 Å². The molecule has 1 N–H and O–H groups in total. The van der Waals surface area contributed by atoms with Gasteiger partial charge in [-0.15, -0.1) is 11.3 Å². The van der Waals surface area contributed by atoms with Crippen molar-refractivity contribution in [3.8, 4) is 16.5 Å². The molecule has 0 aliphatic heterocycles. The maximum Gasteiger partial charge on any atom is 0.349 e. The molecule has 0 atom stereocenters. The van der Waals surface area contributed by atoms with Crippen LogP contribution in [0.2, 0.25) is 0 Å². The average Bonchev–Trinajstić information content (AvgIpc) is 2.95. The average molecular weight is 272 g/mol. The number of aromatic amines is 1. The van der Waals surface area contributed by atoms with Gasteiger partial charge in [-0.1, -0.05) is 6.07 Å². The quantitative estimate of drug-likeness (QED) is 0.778. The Bertz CT molecular complexity index is 750. The Kier molecular flexibility index (Phi) is 2.79. The van der Waals surface area contributed by atoms with Crippen LogP contribution in [0.15, 0.2) is 34.4 Å². The van der Waals surface area contributed by atoms with Gasteiger partial charge >= 0.3 is 5.69 Å². The minimum Gasteiger partial charge on any atom is -0.246 e. The second-order valence-electron chi connectivity index (χ2n) is 4.31. The lowest BCUT2D eigenvalue weighted by Crippen LogP contribution is -2.17. The molecule has 0 aromatic carbocycles. The molecule has 3 aromatic heterocycles. The summed E-state index contributed by atoms with van der Waals surface area (Å²) < 4.78 is 1.51. The van der Waals surface area contributed by atoms with E-state index in [2.05, 4.69) is 15.2 Å². The van der Waals surface area contributed by atoms with Gasteiger partial charge in [0.2, 0.25) is 0 Å². The van der Waals surface area contributed by atoms with Gasteiger partial charge in [0.25, 0.3) is 0 Å². The van der Waals surface area contributed by atoms with Crippen molar-refractivity contribution in [2.24, 2.45) is 0 Å². The molecule has 6 heteroatoms. The number of nitrogens with zero attached hydrogens (tertiary/aromatic N) is 3. The molecule has 0 radical (unpaired) electrons. The zero-order valence-corrected chi connectivity index (χ0v) is 11.4. The molecule has 5 nitrogen and oxygen atoms in total. The molecule has 3 aromatic rings. The van der Waals surface area contributed by atoms with Crippen LogP contribution in [-0.4, -0.2) is 19.7 Å². The normalized spacial score (nSPS) is 10.8. The summed E-state index contributed by atoms with van der Waals surface area (Å²) in [5.74, 6) is 1.19. The summed E-state index contributed by atoms with van der Waals surface area (Å²) in [5.41, 5.74) is 1.66. The van der Waals surface area contributed by atoms with E-state index in [1.54, 1.807) is 0 Å². The number of aromatic nitrogens is 4. The Labute approximate surface area is 113 Å². The first-order valence-corrected chi connectivity index (χ1v) is 6.70. The molecular formula is C13H12N4OS. The first kappa shape index (κ1) is 11.9. The Morgan fingerprint density at radius 1 is 1.32 bits per heavy atom. The van der Waals surface area contributed by atoms with Crippen LogP contribution < -0.4 is 5.69 Å². The second-order valence-corrected chi connectivity index (χ2v) is 5.26. The van der Waals surface area contributed by atoms with Crippen LogP contribution in [0.3, 0.4) is 0 Å². The van der Waals surface area contributed by atoms with Crippen LogP contribution in [-0.2, 0) is 0 Å². The lowest BCUT2D eigenvalue weighted by Gasteiger charge is -2.05. The van der Waals surface area contributed by atoms with Crippen LogP contribution in [0, 0.1) is 13.8 Å². The predicted molar refractivity (Wildman–Crippen MR) is 74.8 cm³/mol. The van der Waals surface area contributed by atoms with E-state index in [0.29, 0.717) is 11.6 Å². The lowest BCUT2D eigenvalue weighted by molar-refractivity contribution is 0.930. The van der Waals surface area contributed by atoms with Crippen molar-refractivity contribution in [3.63, 3.8) is 0 Å². The first-order chi connectivity index (χ1) is 9.15. The zero-order valence-electron chi connectivity index (χ0n) is 10.5. The Morgan fingerprint density at radius 2 is 2.16 bits per heavy atom. The third-order valence-corrected chi connectivity index (χ3v) is 3.59. The molecule has 0 saturated heterocycles. The van der Waals surface area contributed by atoms with E-state index in [4.69, 9.17) is 0 Å². The molecule has 0 aliphatic rings. The van der Waals surface area contributed by atoms with E-state index in [-0.39, 0.29) is 5.69 Å². The molecular weight excluding hydrogens is 260 g/mol. The van der Waals surface area contributed by atoms with Gasteiger partial charge in [0, 0.05) is 5.69 Å². The third-order valence-electron chi connectivity index (χ3n) is 2.73. The van der Waals surface area contributed by atoms with Crippen LogP contribution in [0.25, 0.3) is 16.5 Å². The van der Waals surface area contributed by atoms with E-state index in [9.17, 15) is 4.79 Å². The SMILES string of the molecule is Cc1cc(C)nc(-n2c(-c3cccs3)n[nH]c2=O)c1. The summed E-state index contributed by atoms with van der Waals surface area (Å²) in [7, 11) is 0. The van der Waals surface area contributed by atoms with Crippen molar-refractivity contribution in [3.05, 3.63) is 51.4 Å². The van der Waals surface area contributed by atoms with Gasteiger partial charge in [0.05, 0.1) is 4.88 Å². The number of H-pyrrole nitrogens is 1. The van der Waals surface area contributed by atoms with Crippen LogP contribution in [0.5, 0.6) is 0 Å². The van der Waals surface area contributed by atoms with Gasteiger partial charge in [0.15, 0.2) is 5.82 Å². The highest BCUT2D eigenvalue weighted by molar-refractivity contribution is 7.13. The fourth-order valence-electron chi connectivity index (χ4n) is 2.02. The van der Waals surface area contributed by atoms with Crippen molar-refractivity contribution >= 4 is 11.3 Å². The highest BCUT2D eigenvalue weighted by Gasteiger charge is 2.14. The molecule has 3 rings (SSSR count). The summed E-state index contributed by atoms with van der Waals surface area (Å²) in [6, 6.07) is 7.71. The van der Waals surface area contributed by atoms with Gasteiger partial charge < -0.3 is 0 Å². The number of nitrogens with one attached hydrogen (secondary N) is 1. The minimum absolute atomic E-state index is 0.277. The minimum atomic E-state index is -0.277. The van der Waals surface area contributed by atoms with Gasteiger partial charge in [-0.05, 0) is 43.0 Å². The Balaban J connectivity index is 2.25. The number of hydrogen-bond donors (Lipinski definition) is 1. The van der Waals surface area contributed by atoms with E-state index in [1.165, 1.54) is 15.9 Å². The van der Waals surface area contributed by atoms with Crippen molar-refractivity contribution in [1.82, 2.24) is 19.7 Å². The highest BCUT2D eigenvalue weighted by Crippen LogP contribution is 2.23. The molecule has 3 heterocycles. The number of pyridine rings is 1. The summed E-state index contributed by atoms with van der Waals surface area (Å²) in [5, 5.41) is 8.53. The van der Waals surface area contributed by atoms with Gasteiger partial charge in [-0.2, -0.15) is 5.10 Å². The standard InChI is InChI=1S/C13H12N4OS/c1-8-6-9(2)14-11(7-8)17-12(15-16-13(17)18)10-4-3-5-19-10/h3-7H,1-2H3,(H,16,18). The lowest BCUT2D eigenvalue weighted by atomic mass is 10.2. The maximum absolute atomic E-state index is 12.0. The summed E-state index contributed by atoms with van der Waals surface area (Å²) in [4.78, 5) is 17.3. The van der Waals surface area contributed by atoms with Gasteiger partial charge in [-0.25, -0.2) is 19.4 Å². The molecule has 96 valence electrons. The van der Waals surface area contributed by atoms with Crippen LogP contribution in [0.4, 0.5) is 0 Å². The fraction of sp³-hybridized carbons (Fsp3) is 0.154. The molecule has 0 bridgehead atoms. The van der Waals surface area contributed by atoms with Crippen molar-refractivity contribution in [2.45, 2.75) is 13.8 Å². The topological polar surface area (TPSA) is 63.6 Å². The molecule has 0 saturated carbocycles. The van der Waals surface area contributed by atoms with E-state index >= 15 is 0 Å². The van der Waals surface area contributed by atoms with Crippen molar-refractivity contribution in [1.29, 1.82) is 0 Å². The molecule has 0 aliphatic carbocycles. The summed E-state index contributed by atoms with van der Waals surface area (Å²) in [6.45, 7) is 3.89. The van der Waals surface area contributed by atoms with Crippen LogP contribution in [0.1, 0.15) is 11.3 Å². The zero-order chi connectivity index (χ0) is 13.4. The van der Waals surface area contributed by atoms with E-state index < -0.39 is 0 Å².